The van der Waals surface area contributed by atoms with Gasteiger partial charge in [0.05, 0.1) is 16.1 Å². The molecule has 1 amide bonds. The van der Waals surface area contributed by atoms with Crippen LogP contribution in [0.2, 0.25) is 10.0 Å². The molecular weight excluding hydrogens is 395 g/mol. The lowest BCUT2D eigenvalue weighted by atomic mass is 9.75. The van der Waals surface area contributed by atoms with Gasteiger partial charge in [0.2, 0.25) is 5.91 Å². The van der Waals surface area contributed by atoms with E-state index in [1.54, 1.807) is 0 Å². The molecule has 1 aromatic carbocycles. The summed E-state index contributed by atoms with van der Waals surface area (Å²) in [6.07, 6.45) is 3.45. The van der Waals surface area contributed by atoms with E-state index in [0.717, 1.165) is 31.2 Å². The van der Waals surface area contributed by atoms with E-state index in [9.17, 15) is 4.79 Å². The molecule has 4 nitrogen and oxygen atoms in total. The van der Waals surface area contributed by atoms with Crippen molar-refractivity contribution in [2.75, 3.05) is 19.8 Å². The van der Waals surface area contributed by atoms with Crippen LogP contribution >= 0.6 is 35.6 Å². The highest BCUT2D eigenvalue weighted by Gasteiger charge is 2.32. The maximum absolute atomic E-state index is 12.5. The summed E-state index contributed by atoms with van der Waals surface area (Å²) in [5.41, 5.74) is 7.09. The Morgan fingerprint density at radius 1 is 1.27 bits per heavy atom. The molecule has 2 rings (SSSR count). The average molecular weight is 424 g/mol. The van der Waals surface area contributed by atoms with Crippen LogP contribution < -0.4 is 11.1 Å². The van der Waals surface area contributed by atoms with Crippen LogP contribution in [0.4, 0.5) is 0 Å². The Labute approximate surface area is 172 Å². The largest absolute Gasteiger partial charge is 0.381 e. The van der Waals surface area contributed by atoms with Crippen molar-refractivity contribution in [1.29, 1.82) is 0 Å². The zero-order chi connectivity index (χ0) is 18.4. The molecule has 1 unspecified atom stereocenters. The van der Waals surface area contributed by atoms with E-state index in [-0.39, 0.29) is 29.6 Å². The number of benzene rings is 1. The van der Waals surface area contributed by atoms with E-state index in [2.05, 4.69) is 19.2 Å². The highest BCUT2D eigenvalue weighted by molar-refractivity contribution is 6.42. The second-order valence-electron chi connectivity index (χ2n) is 6.81. The molecular formula is C19H29Cl3N2O2. The Balaban J connectivity index is 0.00000338. The van der Waals surface area contributed by atoms with E-state index in [0.29, 0.717) is 29.8 Å². The van der Waals surface area contributed by atoms with E-state index in [1.807, 2.05) is 18.2 Å². The van der Waals surface area contributed by atoms with Gasteiger partial charge < -0.3 is 15.8 Å². The van der Waals surface area contributed by atoms with Gasteiger partial charge in [-0.15, -0.1) is 12.4 Å². The number of carbonyl (C=O) groups excluding carboxylic acids is 1. The molecule has 1 fully saturated rings. The number of halogens is 3. The van der Waals surface area contributed by atoms with Crippen LogP contribution in [-0.2, 0) is 14.9 Å². The van der Waals surface area contributed by atoms with Crippen molar-refractivity contribution in [1.82, 2.24) is 5.32 Å². The van der Waals surface area contributed by atoms with Crippen molar-refractivity contribution in [3.05, 3.63) is 33.8 Å². The standard InChI is InChI=1S/C19H28Cl2N2O2.ClH/c1-3-19(4-2,14-5-6-15(20)16(21)11-14)12-23-18(24)17(22)13-7-9-25-10-8-13;/h5-6,11,13,17H,3-4,7-10,12,22H2,1-2H3,(H,23,24);1H. The van der Waals surface area contributed by atoms with Gasteiger partial charge in [0.15, 0.2) is 0 Å². The molecule has 1 saturated heterocycles. The van der Waals surface area contributed by atoms with Gasteiger partial charge in [0, 0.05) is 25.2 Å². The zero-order valence-electron chi connectivity index (χ0n) is 15.4. The number of ether oxygens (including phenoxy) is 1. The van der Waals surface area contributed by atoms with Crippen molar-refractivity contribution in [3.63, 3.8) is 0 Å². The Morgan fingerprint density at radius 2 is 1.88 bits per heavy atom. The molecule has 1 aliphatic rings. The van der Waals surface area contributed by atoms with Crippen LogP contribution in [0.25, 0.3) is 0 Å². The molecule has 1 atom stereocenters. The molecule has 0 saturated carbocycles. The number of amides is 1. The molecule has 0 aliphatic carbocycles. The maximum Gasteiger partial charge on any atom is 0.237 e. The predicted octanol–water partition coefficient (Wildman–Crippen LogP) is 4.34. The molecule has 1 aromatic rings. The van der Waals surface area contributed by atoms with E-state index < -0.39 is 6.04 Å². The molecule has 148 valence electrons. The number of hydrogen-bond acceptors (Lipinski definition) is 3. The van der Waals surface area contributed by atoms with Crippen molar-refractivity contribution in [2.45, 2.75) is 51.0 Å². The summed E-state index contributed by atoms with van der Waals surface area (Å²) in [6, 6.07) is 5.23. The highest BCUT2D eigenvalue weighted by Crippen LogP contribution is 2.35. The van der Waals surface area contributed by atoms with Crippen LogP contribution in [-0.4, -0.2) is 31.7 Å². The lowest BCUT2D eigenvalue weighted by Crippen LogP contribution is -2.50. The third-order valence-corrected chi connectivity index (χ3v) is 6.30. The van der Waals surface area contributed by atoms with Gasteiger partial charge in [-0.05, 0) is 49.3 Å². The minimum absolute atomic E-state index is 0. The van der Waals surface area contributed by atoms with Gasteiger partial charge >= 0.3 is 0 Å². The average Bonchev–Trinajstić information content (AvgIpc) is 2.65. The SMILES string of the molecule is CCC(CC)(CNC(=O)C(N)C1CCOCC1)c1ccc(Cl)c(Cl)c1.Cl. The number of carbonyl (C=O) groups is 1. The maximum atomic E-state index is 12.5. The van der Waals surface area contributed by atoms with Crippen LogP contribution in [0.15, 0.2) is 18.2 Å². The van der Waals surface area contributed by atoms with Gasteiger partial charge in [0.25, 0.3) is 0 Å². The Bertz CT molecular complexity index is 588. The lowest BCUT2D eigenvalue weighted by molar-refractivity contribution is -0.124. The summed E-state index contributed by atoms with van der Waals surface area (Å²) in [6.45, 7) is 6.15. The monoisotopic (exact) mass is 422 g/mol. The Hall–Kier alpha value is -0.520. The smallest absolute Gasteiger partial charge is 0.237 e. The molecule has 0 bridgehead atoms. The van der Waals surface area contributed by atoms with Crippen molar-refractivity contribution in [2.24, 2.45) is 11.7 Å². The molecule has 0 aromatic heterocycles. The lowest BCUT2D eigenvalue weighted by Gasteiger charge is -2.34. The summed E-state index contributed by atoms with van der Waals surface area (Å²) >= 11 is 12.2. The first kappa shape index (κ1) is 23.5. The first-order valence-corrected chi connectivity index (χ1v) is 9.75. The number of nitrogens with one attached hydrogen (secondary N) is 1. The van der Waals surface area contributed by atoms with Gasteiger partial charge in [-0.2, -0.15) is 0 Å². The first-order valence-electron chi connectivity index (χ1n) is 9.00. The first-order chi connectivity index (χ1) is 11.9. The fourth-order valence-electron chi connectivity index (χ4n) is 3.50. The van der Waals surface area contributed by atoms with Crippen LogP contribution in [0, 0.1) is 5.92 Å². The second kappa shape index (κ2) is 10.7. The van der Waals surface area contributed by atoms with Crippen molar-refractivity contribution < 1.29 is 9.53 Å². The summed E-state index contributed by atoms with van der Waals surface area (Å²) in [4.78, 5) is 12.5. The van der Waals surface area contributed by atoms with Gasteiger partial charge in [-0.3, -0.25) is 4.79 Å². The minimum atomic E-state index is -0.482. The summed E-state index contributed by atoms with van der Waals surface area (Å²) in [5.74, 6) is 0.106. The molecule has 0 radical (unpaired) electrons. The third-order valence-electron chi connectivity index (χ3n) is 5.56. The third kappa shape index (κ3) is 5.49. The zero-order valence-corrected chi connectivity index (χ0v) is 17.7. The summed E-state index contributed by atoms with van der Waals surface area (Å²) in [7, 11) is 0. The molecule has 26 heavy (non-hydrogen) atoms. The number of hydrogen-bond donors (Lipinski definition) is 2. The van der Waals surface area contributed by atoms with Crippen molar-refractivity contribution >= 4 is 41.5 Å². The molecule has 1 aliphatic heterocycles. The van der Waals surface area contributed by atoms with Crippen LogP contribution in [0.1, 0.15) is 45.1 Å². The van der Waals surface area contributed by atoms with Crippen LogP contribution in [0.5, 0.6) is 0 Å². The fourth-order valence-corrected chi connectivity index (χ4v) is 3.80. The summed E-state index contributed by atoms with van der Waals surface area (Å²) < 4.78 is 5.35. The quantitative estimate of drug-likeness (QED) is 0.685. The van der Waals surface area contributed by atoms with Gasteiger partial charge in [-0.25, -0.2) is 0 Å². The Morgan fingerprint density at radius 3 is 2.42 bits per heavy atom. The highest BCUT2D eigenvalue weighted by atomic mass is 35.5. The molecule has 1 heterocycles. The Kier molecular flexibility index (Phi) is 9.70. The van der Waals surface area contributed by atoms with Gasteiger partial charge in [0.1, 0.15) is 0 Å². The molecule has 0 spiro atoms. The fraction of sp³-hybridized carbons (Fsp3) is 0.632. The predicted molar refractivity (Wildman–Crippen MR) is 110 cm³/mol. The minimum Gasteiger partial charge on any atom is -0.381 e. The molecule has 3 N–H and O–H groups in total. The number of nitrogens with two attached hydrogens (primary N) is 1. The number of rotatable bonds is 7. The van der Waals surface area contributed by atoms with Crippen LogP contribution in [0.3, 0.4) is 0 Å². The van der Waals surface area contributed by atoms with Crippen molar-refractivity contribution in [3.8, 4) is 0 Å². The second-order valence-corrected chi connectivity index (χ2v) is 7.62. The topological polar surface area (TPSA) is 64.4 Å². The van der Waals surface area contributed by atoms with E-state index in [4.69, 9.17) is 33.7 Å². The normalized spacial score (nSPS) is 16.7. The van der Waals surface area contributed by atoms with Gasteiger partial charge in [-0.1, -0.05) is 43.1 Å². The van der Waals surface area contributed by atoms with E-state index >= 15 is 0 Å². The molecule has 7 heteroatoms. The van der Waals surface area contributed by atoms with E-state index in [1.165, 1.54) is 0 Å². The summed E-state index contributed by atoms with van der Waals surface area (Å²) in [5, 5.41) is 4.15.